The maximum Gasteiger partial charge on any atom is 0.138 e. The second kappa shape index (κ2) is 8.94. The van der Waals surface area contributed by atoms with Crippen molar-refractivity contribution in [3.05, 3.63) is 90.6 Å². The zero-order valence-electron chi connectivity index (χ0n) is 16.2. The van der Waals surface area contributed by atoms with Gasteiger partial charge in [0.1, 0.15) is 17.2 Å². The molecule has 1 heterocycles. The number of hydrogen-bond acceptors (Lipinski definition) is 5. The second-order valence-corrected chi connectivity index (χ2v) is 7.40. The Labute approximate surface area is 177 Å². The summed E-state index contributed by atoms with van der Waals surface area (Å²) in [6.07, 6.45) is 1.67. The molecule has 4 aromatic rings. The number of hydrogen-bond donors (Lipinski definition) is 0. The van der Waals surface area contributed by atoms with Gasteiger partial charge >= 0.3 is 0 Å². The van der Waals surface area contributed by atoms with Gasteiger partial charge < -0.3 is 14.0 Å². The van der Waals surface area contributed by atoms with Crippen molar-refractivity contribution in [2.24, 2.45) is 0 Å². The van der Waals surface area contributed by atoms with Crippen LogP contribution in [0.4, 0.5) is 5.69 Å². The molecule has 0 aliphatic carbocycles. The third-order valence-corrected chi connectivity index (χ3v) is 5.31. The van der Waals surface area contributed by atoms with E-state index in [1.165, 1.54) is 4.31 Å². The van der Waals surface area contributed by atoms with E-state index in [9.17, 15) is 8.76 Å². The van der Waals surface area contributed by atoms with Crippen molar-refractivity contribution >= 4 is 27.9 Å². The van der Waals surface area contributed by atoms with Crippen LogP contribution < -0.4 is 13.8 Å². The van der Waals surface area contributed by atoms with E-state index in [1.807, 2.05) is 48.5 Å². The number of benzene rings is 3. The van der Waals surface area contributed by atoms with E-state index >= 15 is 0 Å². The van der Waals surface area contributed by atoms with Crippen LogP contribution in [0.3, 0.4) is 0 Å². The fourth-order valence-electron chi connectivity index (χ4n) is 3.10. The van der Waals surface area contributed by atoms with Crippen molar-refractivity contribution in [2.75, 3.05) is 11.4 Å². The predicted molar refractivity (Wildman–Crippen MR) is 116 cm³/mol. The molecule has 0 N–H and O–H groups in total. The first kappa shape index (κ1) is 19.9. The van der Waals surface area contributed by atoms with Crippen molar-refractivity contribution in [3.63, 3.8) is 0 Å². The lowest BCUT2D eigenvalue weighted by Gasteiger charge is -2.26. The van der Waals surface area contributed by atoms with Gasteiger partial charge in [0, 0.05) is 34.6 Å². The van der Waals surface area contributed by atoms with Crippen LogP contribution >= 0.6 is 0 Å². The number of pyridine rings is 1. The van der Waals surface area contributed by atoms with Gasteiger partial charge in [0.2, 0.25) is 0 Å². The lowest BCUT2D eigenvalue weighted by Crippen LogP contribution is -2.24. The van der Waals surface area contributed by atoms with Crippen LogP contribution in [0.5, 0.6) is 17.2 Å². The number of aromatic nitrogens is 1. The van der Waals surface area contributed by atoms with E-state index in [1.54, 1.807) is 43.6 Å². The van der Waals surface area contributed by atoms with Crippen molar-refractivity contribution in [1.82, 2.24) is 4.98 Å². The molecule has 0 saturated carbocycles. The highest BCUT2D eigenvalue weighted by molar-refractivity contribution is 7.80. The van der Waals surface area contributed by atoms with Crippen molar-refractivity contribution < 1.29 is 18.2 Å². The van der Waals surface area contributed by atoms with Gasteiger partial charge in [0.25, 0.3) is 0 Å². The lowest BCUT2D eigenvalue weighted by molar-refractivity contribution is 0.415. The molecular formula is C23H19N2O4S-. The summed E-state index contributed by atoms with van der Waals surface area (Å²) < 4.78 is 36.1. The fraction of sp³-hybridized carbons (Fsp3) is 0.0870. The lowest BCUT2D eigenvalue weighted by atomic mass is 10.2. The molecule has 4 rings (SSSR count). The average Bonchev–Trinajstić information content (AvgIpc) is 2.78. The van der Waals surface area contributed by atoms with Gasteiger partial charge in [-0.3, -0.25) is 13.5 Å². The van der Waals surface area contributed by atoms with E-state index in [0.29, 0.717) is 17.2 Å². The molecule has 0 aliphatic rings. The Bertz CT molecular complexity index is 1170. The summed E-state index contributed by atoms with van der Waals surface area (Å²) in [6.45, 7) is 0.258. The number of rotatable bonds is 7. The van der Waals surface area contributed by atoms with E-state index in [-0.39, 0.29) is 6.54 Å². The number of anilines is 1. The summed E-state index contributed by atoms with van der Waals surface area (Å²) in [4.78, 5) is 4.35. The van der Waals surface area contributed by atoms with Gasteiger partial charge in [-0.25, -0.2) is 0 Å². The Hall–Kier alpha value is -3.42. The molecule has 0 amide bonds. The van der Waals surface area contributed by atoms with E-state index < -0.39 is 11.3 Å². The summed E-state index contributed by atoms with van der Waals surface area (Å²) in [6, 6.07) is 23.8. The van der Waals surface area contributed by atoms with Crippen LogP contribution in [0.15, 0.2) is 85.1 Å². The van der Waals surface area contributed by atoms with Gasteiger partial charge in [-0.1, -0.05) is 30.3 Å². The maximum absolute atomic E-state index is 11.8. The standard InChI is InChI=1S/C23H20N2O4S/c1-28-20-11-12-21-22(15-20)24-14-13-23(21)29-19-9-7-18(8-10-19)25(30(26)27)16-17-5-3-2-4-6-17/h2-15H,16H2,1H3,(H,26,27)/p-1. The molecule has 0 fully saturated rings. The van der Waals surface area contributed by atoms with Crippen molar-refractivity contribution in [2.45, 2.75) is 6.54 Å². The molecule has 30 heavy (non-hydrogen) atoms. The molecule has 0 radical (unpaired) electrons. The summed E-state index contributed by atoms with van der Waals surface area (Å²) in [5, 5.41) is 0.855. The number of ether oxygens (including phenoxy) is 2. The van der Waals surface area contributed by atoms with Crippen molar-refractivity contribution in [1.29, 1.82) is 0 Å². The highest BCUT2D eigenvalue weighted by atomic mass is 32.2. The Morgan fingerprint density at radius 3 is 2.40 bits per heavy atom. The fourth-order valence-corrected chi connectivity index (χ4v) is 3.65. The smallest absolute Gasteiger partial charge is 0.138 e. The van der Waals surface area contributed by atoms with Crippen molar-refractivity contribution in [3.8, 4) is 17.2 Å². The van der Waals surface area contributed by atoms with Gasteiger partial charge in [-0.15, -0.1) is 0 Å². The molecular weight excluding hydrogens is 400 g/mol. The summed E-state index contributed by atoms with van der Waals surface area (Å²) in [5.41, 5.74) is 2.23. The van der Waals surface area contributed by atoms with Crippen LogP contribution in [0.1, 0.15) is 5.56 Å². The molecule has 0 bridgehead atoms. The first-order chi connectivity index (χ1) is 14.6. The van der Waals surface area contributed by atoms with Crippen LogP contribution in [-0.2, 0) is 17.8 Å². The summed E-state index contributed by atoms with van der Waals surface area (Å²) >= 11 is -2.40. The van der Waals surface area contributed by atoms with Crippen LogP contribution in [0.2, 0.25) is 0 Å². The van der Waals surface area contributed by atoms with Crippen LogP contribution in [0, 0.1) is 0 Å². The van der Waals surface area contributed by atoms with Gasteiger partial charge in [0.15, 0.2) is 0 Å². The molecule has 0 spiro atoms. The highest BCUT2D eigenvalue weighted by Crippen LogP contribution is 2.32. The van der Waals surface area contributed by atoms with E-state index in [0.717, 1.165) is 22.2 Å². The quantitative estimate of drug-likeness (QED) is 0.401. The average molecular weight is 419 g/mol. The zero-order chi connectivity index (χ0) is 20.9. The maximum atomic E-state index is 11.8. The Kier molecular flexibility index (Phi) is 5.92. The van der Waals surface area contributed by atoms with E-state index in [4.69, 9.17) is 9.47 Å². The zero-order valence-corrected chi connectivity index (χ0v) is 17.0. The minimum atomic E-state index is -2.40. The topological polar surface area (TPSA) is 74.7 Å². The number of methoxy groups -OCH3 is 1. The molecule has 152 valence electrons. The van der Waals surface area contributed by atoms with Crippen LogP contribution in [-0.4, -0.2) is 20.9 Å². The SMILES string of the molecule is COc1ccc2c(Oc3ccc(N(Cc4ccccc4)S(=O)[O-])cc3)ccnc2c1. The molecule has 1 atom stereocenters. The largest absolute Gasteiger partial charge is 0.755 e. The molecule has 0 saturated heterocycles. The Morgan fingerprint density at radius 1 is 0.967 bits per heavy atom. The van der Waals surface area contributed by atoms with Crippen LogP contribution in [0.25, 0.3) is 10.9 Å². The number of nitrogens with zero attached hydrogens (tertiary/aromatic N) is 2. The summed E-state index contributed by atoms with van der Waals surface area (Å²) in [5.74, 6) is 1.97. The normalized spacial score (nSPS) is 11.8. The molecule has 7 heteroatoms. The summed E-state index contributed by atoms with van der Waals surface area (Å²) in [7, 11) is 1.61. The Morgan fingerprint density at radius 2 is 1.70 bits per heavy atom. The minimum Gasteiger partial charge on any atom is -0.755 e. The second-order valence-electron chi connectivity index (χ2n) is 6.53. The van der Waals surface area contributed by atoms with Gasteiger partial charge in [-0.2, -0.15) is 0 Å². The van der Waals surface area contributed by atoms with E-state index in [2.05, 4.69) is 4.98 Å². The minimum absolute atomic E-state index is 0.258. The predicted octanol–water partition coefficient (Wildman–Crippen LogP) is 4.84. The molecule has 0 aliphatic heterocycles. The number of fused-ring (bicyclic) bond motifs is 1. The first-order valence-electron chi connectivity index (χ1n) is 9.25. The highest BCUT2D eigenvalue weighted by Gasteiger charge is 2.10. The Balaban J connectivity index is 1.56. The molecule has 3 aromatic carbocycles. The van der Waals surface area contributed by atoms with Gasteiger partial charge in [0.05, 0.1) is 19.2 Å². The molecule has 1 unspecified atom stereocenters. The monoisotopic (exact) mass is 419 g/mol. The first-order valence-corrected chi connectivity index (χ1v) is 10.3. The van der Waals surface area contributed by atoms with Gasteiger partial charge in [-0.05, 0) is 48.0 Å². The molecule has 6 nitrogen and oxygen atoms in total. The molecule has 1 aromatic heterocycles. The third-order valence-electron chi connectivity index (χ3n) is 4.61. The third kappa shape index (κ3) is 4.42.